The van der Waals surface area contributed by atoms with Crippen LogP contribution in [-0.4, -0.2) is 72.6 Å². The van der Waals surface area contributed by atoms with Gasteiger partial charge in [-0.2, -0.15) is 0 Å². The lowest BCUT2D eigenvalue weighted by Crippen LogP contribution is -2.44. The van der Waals surface area contributed by atoms with Gasteiger partial charge in [0, 0.05) is 43.8 Å². The van der Waals surface area contributed by atoms with E-state index in [1.165, 1.54) is 17.4 Å². The summed E-state index contributed by atoms with van der Waals surface area (Å²) in [5, 5.41) is 11.6. The molecule has 0 bridgehead atoms. The predicted octanol–water partition coefficient (Wildman–Crippen LogP) is 2.16. The Hall–Kier alpha value is -2.49. The second-order valence-corrected chi connectivity index (χ2v) is 8.58. The number of hydrogen-bond donors (Lipinski definition) is 1. The van der Waals surface area contributed by atoms with Crippen LogP contribution in [0.1, 0.15) is 16.1 Å². The first-order chi connectivity index (χ1) is 13.8. The smallest absolute Gasteiger partial charge is 0.342 e. The second kappa shape index (κ2) is 7.40. The van der Waals surface area contributed by atoms with E-state index >= 15 is 0 Å². The van der Waals surface area contributed by atoms with Crippen LogP contribution in [0.4, 0.5) is 10.1 Å². The number of thiazole rings is 1. The fraction of sp³-hybridized carbons (Fsp3) is 0.400. The highest BCUT2D eigenvalue weighted by Crippen LogP contribution is 2.30. The van der Waals surface area contributed by atoms with Gasteiger partial charge in [-0.05, 0) is 33.3 Å². The molecule has 1 aromatic carbocycles. The van der Waals surface area contributed by atoms with Gasteiger partial charge in [-0.1, -0.05) is 0 Å². The van der Waals surface area contributed by atoms with Gasteiger partial charge < -0.3 is 24.2 Å². The highest BCUT2D eigenvalue weighted by molar-refractivity contribution is 7.16. The van der Waals surface area contributed by atoms with Crippen LogP contribution in [-0.2, 0) is 6.54 Å². The minimum atomic E-state index is -1.30. The molecule has 1 N–H and O–H groups in total. The molecule has 0 aliphatic carbocycles. The summed E-state index contributed by atoms with van der Waals surface area (Å²) in [4.78, 5) is 31.2. The number of carbonyl (C=O) groups is 1. The molecular formula is C20H23FN4O3S. The summed E-state index contributed by atoms with van der Waals surface area (Å²) in [6, 6.07) is 2.89. The summed E-state index contributed by atoms with van der Waals surface area (Å²) in [6.45, 7) is 3.61. The van der Waals surface area contributed by atoms with Crippen molar-refractivity contribution in [2.24, 2.45) is 0 Å². The van der Waals surface area contributed by atoms with Crippen LogP contribution in [0.3, 0.4) is 0 Å². The number of carboxylic acids is 1. The van der Waals surface area contributed by atoms with E-state index in [4.69, 9.17) is 0 Å². The van der Waals surface area contributed by atoms with Crippen LogP contribution >= 0.6 is 11.3 Å². The van der Waals surface area contributed by atoms with E-state index in [1.54, 1.807) is 10.5 Å². The number of aromatic carboxylic acids is 1. The molecule has 1 fully saturated rings. The molecule has 0 spiro atoms. The molecule has 1 aliphatic heterocycles. The van der Waals surface area contributed by atoms with E-state index in [9.17, 15) is 19.1 Å². The number of benzene rings is 1. The Morgan fingerprint density at radius 2 is 1.93 bits per heavy atom. The van der Waals surface area contributed by atoms with E-state index in [0.717, 1.165) is 18.8 Å². The number of pyridine rings is 1. The lowest BCUT2D eigenvalue weighted by molar-refractivity contribution is 0.0697. The normalized spacial score (nSPS) is 15.7. The average Bonchev–Trinajstić information content (AvgIpc) is 3.05. The Morgan fingerprint density at radius 1 is 1.24 bits per heavy atom. The first-order valence-corrected chi connectivity index (χ1v) is 10.3. The number of nitrogens with zero attached hydrogens (tertiary/aromatic N) is 4. The average molecular weight is 418 g/mol. The predicted molar refractivity (Wildman–Crippen MR) is 113 cm³/mol. The summed E-state index contributed by atoms with van der Waals surface area (Å²) < 4.78 is 16.8. The monoisotopic (exact) mass is 418 g/mol. The van der Waals surface area contributed by atoms with Crippen LogP contribution in [0.2, 0.25) is 0 Å². The molecule has 0 saturated carbocycles. The van der Waals surface area contributed by atoms with Crippen molar-refractivity contribution in [3.63, 3.8) is 0 Å². The summed E-state index contributed by atoms with van der Waals surface area (Å²) in [7, 11) is 5.87. The van der Waals surface area contributed by atoms with Gasteiger partial charge >= 0.3 is 5.97 Å². The van der Waals surface area contributed by atoms with Gasteiger partial charge in [0.05, 0.1) is 16.6 Å². The van der Waals surface area contributed by atoms with Crippen molar-refractivity contribution in [3.05, 3.63) is 44.8 Å². The summed E-state index contributed by atoms with van der Waals surface area (Å²) in [5.41, 5.74) is 0.902. The number of carboxylic acid groups (broad SMARTS) is 1. The number of hydrogen-bond acceptors (Lipinski definition) is 6. The first kappa shape index (κ1) is 19.8. The third-order valence-corrected chi connectivity index (χ3v) is 6.32. The Labute approximate surface area is 171 Å². The van der Waals surface area contributed by atoms with E-state index in [0.29, 0.717) is 35.7 Å². The molecule has 154 valence electrons. The lowest BCUT2D eigenvalue weighted by atomic mass is 10.1. The van der Waals surface area contributed by atoms with Crippen LogP contribution < -0.4 is 10.3 Å². The minimum Gasteiger partial charge on any atom is -0.477 e. The molecule has 3 heterocycles. The fourth-order valence-electron chi connectivity index (χ4n) is 3.85. The van der Waals surface area contributed by atoms with E-state index in [2.05, 4.69) is 4.90 Å². The molecule has 29 heavy (non-hydrogen) atoms. The Bertz CT molecular complexity index is 1160. The van der Waals surface area contributed by atoms with Gasteiger partial charge in [0.25, 0.3) is 0 Å². The zero-order valence-electron chi connectivity index (χ0n) is 16.6. The fourth-order valence-corrected chi connectivity index (χ4v) is 4.90. The molecule has 4 rings (SSSR count). The third-order valence-electron chi connectivity index (χ3n) is 5.32. The number of aromatic nitrogens is 1. The third kappa shape index (κ3) is 3.39. The molecule has 9 heteroatoms. The van der Waals surface area contributed by atoms with E-state index in [-0.39, 0.29) is 10.9 Å². The Balaban J connectivity index is 2.02. The molecule has 1 saturated heterocycles. The van der Waals surface area contributed by atoms with Gasteiger partial charge in [-0.3, -0.25) is 4.79 Å². The molecule has 1 aliphatic rings. The maximum atomic E-state index is 15.0. The number of rotatable bonds is 4. The van der Waals surface area contributed by atoms with Gasteiger partial charge in [0.2, 0.25) is 5.43 Å². The maximum absolute atomic E-state index is 15.0. The van der Waals surface area contributed by atoms with Crippen molar-refractivity contribution in [1.82, 2.24) is 14.2 Å². The molecule has 0 amide bonds. The largest absolute Gasteiger partial charge is 0.477 e. The number of likely N-dealkylation sites (N-methyl/N-ethyl adjacent to an activating group) is 1. The standard InChI is InChI=1S/C20H23FN4O3S/c1-22(2)10-12-11-29-19-17(20(27)28)18(26)13-8-14(21)16(9-15(13)25(12)19)24-6-4-23(3)5-7-24/h8-9,11H,4-7,10H2,1-3H3,(H,27,28). The van der Waals surface area contributed by atoms with Crippen LogP contribution in [0.25, 0.3) is 15.7 Å². The van der Waals surface area contributed by atoms with E-state index in [1.807, 2.05) is 36.3 Å². The zero-order chi connectivity index (χ0) is 20.9. The minimum absolute atomic E-state index is 0.0914. The molecule has 0 radical (unpaired) electrons. The number of halogens is 1. The van der Waals surface area contributed by atoms with Crippen molar-refractivity contribution < 1.29 is 14.3 Å². The van der Waals surface area contributed by atoms with Crippen LogP contribution in [0.5, 0.6) is 0 Å². The number of anilines is 1. The first-order valence-electron chi connectivity index (χ1n) is 9.37. The summed E-state index contributed by atoms with van der Waals surface area (Å²) in [5.74, 6) is -1.80. The molecule has 7 nitrogen and oxygen atoms in total. The highest BCUT2D eigenvalue weighted by Gasteiger charge is 2.24. The number of piperazine rings is 1. The summed E-state index contributed by atoms with van der Waals surface area (Å²) >= 11 is 1.23. The van der Waals surface area contributed by atoms with Crippen molar-refractivity contribution in [2.45, 2.75) is 6.54 Å². The molecule has 0 unspecified atom stereocenters. The van der Waals surface area contributed by atoms with Gasteiger partial charge in [-0.25, -0.2) is 9.18 Å². The highest BCUT2D eigenvalue weighted by atomic mass is 32.1. The molecular weight excluding hydrogens is 395 g/mol. The molecule has 2 aromatic heterocycles. The number of fused-ring (bicyclic) bond motifs is 3. The van der Waals surface area contributed by atoms with Crippen molar-refractivity contribution in [1.29, 1.82) is 0 Å². The van der Waals surface area contributed by atoms with Crippen molar-refractivity contribution in [2.75, 3.05) is 52.2 Å². The quantitative estimate of drug-likeness (QED) is 0.701. The topological polar surface area (TPSA) is 68.5 Å². The van der Waals surface area contributed by atoms with Gasteiger partial charge in [-0.15, -0.1) is 11.3 Å². The van der Waals surface area contributed by atoms with Gasteiger partial charge in [0.15, 0.2) is 0 Å². The van der Waals surface area contributed by atoms with Crippen LogP contribution in [0, 0.1) is 5.82 Å². The lowest BCUT2D eigenvalue weighted by Gasteiger charge is -2.34. The van der Waals surface area contributed by atoms with Crippen molar-refractivity contribution in [3.8, 4) is 0 Å². The van der Waals surface area contributed by atoms with E-state index < -0.39 is 17.2 Å². The molecule has 3 aromatic rings. The maximum Gasteiger partial charge on any atom is 0.342 e. The summed E-state index contributed by atoms with van der Waals surface area (Å²) in [6.07, 6.45) is 0. The Kier molecular flexibility index (Phi) is 5.05. The second-order valence-electron chi connectivity index (χ2n) is 7.73. The van der Waals surface area contributed by atoms with Crippen LogP contribution in [0.15, 0.2) is 22.3 Å². The van der Waals surface area contributed by atoms with Gasteiger partial charge in [0.1, 0.15) is 16.2 Å². The molecule has 0 atom stereocenters. The van der Waals surface area contributed by atoms with Crippen molar-refractivity contribution >= 4 is 38.7 Å². The SMILES string of the molecule is CN(C)Cc1csc2c(C(=O)O)c(=O)c3cc(F)c(N4CCN(C)CC4)cc3n12. The zero-order valence-corrected chi connectivity index (χ0v) is 17.4. The Morgan fingerprint density at radius 3 is 2.55 bits per heavy atom.